The van der Waals surface area contributed by atoms with E-state index in [1.54, 1.807) is 6.92 Å². The summed E-state index contributed by atoms with van der Waals surface area (Å²) in [6.45, 7) is 3.48. The number of carbonyl (C=O) groups excluding carboxylic acids is 2. The van der Waals surface area contributed by atoms with Crippen molar-refractivity contribution >= 4 is 34.6 Å². The number of ether oxygens (including phenoxy) is 1. The van der Waals surface area contributed by atoms with E-state index in [1.807, 2.05) is 36.1 Å². The highest BCUT2D eigenvalue weighted by molar-refractivity contribution is 7.80. The lowest BCUT2D eigenvalue weighted by atomic mass is 9.72. The fourth-order valence-electron chi connectivity index (χ4n) is 2.98. The molecular weight excluding hydrogens is 298 g/mol. The normalized spacial score (nSPS) is 15.6. The molecule has 5 heteroatoms. The number of hydrogen-bond donors (Lipinski definition) is 0. The first-order valence-corrected chi connectivity index (χ1v) is 7.79. The molecule has 0 saturated heterocycles. The van der Waals surface area contributed by atoms with Gasteiger partial charge in [0.15, 0.2) is 5.78 Å². The molecule has 1 aromatic rings. The Morgan fingerprint density at radius 3 is 2.18 bits per heavy atom. The lowest BCUT2D eigenvalue weighted by molar-refractivity contribution is -0.139. The summed E-state index contributed by atoms with van der Waals surface area (Å²) in [5.74, 6) is -0.114. The van der Waals surface area contributed by atoms with Gasteiger partial charge in [0.05, 0.1) is 18.5 Å². The number of carbonyl (C=O) groups is 2. The third-order valence-corrected chi connectivity index (χ3v) is 4.53. The van der Waals surface area contributed by atoms with Gasteiger partial charge in [-0.25, -0.2) is 0 Å². The lowest BCUT2D eigenvalue weighted by Gasteiger charge is -2.49. The maximum absolute atomic E-state index is 12.2. The SMILES string of the molecule is COC(=O)Cc1ccc(N(C(C)=S)C2(C(C)=O)CCC2)cc1. The minimum absolute atomic E-state index is 0.154. The topological polar surface area (TPSA) is 46.6 Å². The molecule has 0 amide bonds. The fourth-order valence-corrected chi connectivity index (χ4v) is 3.26. The van der Waals surface area contributed by atoms with Crippen LogP contribution < -0.4 is 4.90 Å². The highest BCUT2D eigenvalue weighted by Gasteiger charge is 2.47. The van der Waals surface area contributed by atoms with Crippen LogP contribution in [0, 0.1) is 0 Å². The number of nitrogens with zero attached hydrogens (tertiary/aromatic N) is 1. The minimum atomic E-state index is -0.490. The zero-order chi connectivity index (χ0) is 16.3. The highest BCUT2D eigenvalue weighted by atomic mass is 32.1. The highest BCUT2D eigenvalue weighted by Crippen LogP contribution is 2.41. The minimum Gasteiger partial charge on any atom is -0.469 e. The van der Waals surface area contributed by atoms with Gasteiger partial charge in [0.25, 0.3) is 0 Å². The van der Waals surface area contributed by atoms with E-state index in [0.717, 1.165) is 30.5 Å². The van der Waals surface area contributed by atoms with Crippen molar-refractivity contribution in [3.63, 3.8) is 0 Å². The Kier molecular flexibility index (Phi) is 4.96. The summed E-state index contributed by atoms with van der Waals surface area (Å²) in [4.78, 5) is 26.1. The molecule has 0 aliphatic heterocycles. The molecule has 0 unspecified atom stereocenters. The Labute approximate surface area is 136 Å². The average molecular weight is 319 g/mol. The summed E-state index contributed by atoms with van der Waals surface area (Å²) in [5, 5.41) is 0. The van der Waals surface area contributed by atoms with Crippen LogP contribution in [0.15, 0.2) is 24.3 Å². The van der Waals surface area contributed by atoms with Crippen molar-refractivity contribution in [2.45, 2.75) is 45.1 Å². The second-order valence-corrected chi connectivity index (χ2v) is 6.31. The van der Waals surface area contributed by atoms with E-state index >= 15 is 0 Å². The third-order valence-electron chi connectivity index (χ3n) is 4.35. The van der Waals surface area contributed by atoms with E-state index in [4.69, 9.17) is 12.2 Å². The molecule has 1 aliphatic carbocycles. The van der Waals surface area contributed by atoms with E-state index in [-0.39, 0.29) is 18.2 Å². The number of esters is 1. The Morgan fingerprint density at radius 2 is 1.82 bits per heavy atom. The van der Waals surface area contributed by atoms with Gasteiger partial charge in [0, 0.05) is 5.69 Å². The van der Waals surface area contributed by atoms with Crippen LogP contribution in [0.1, 0.15) is 38.7 Å². The number of hydrogen-bond acceptors (Lipinski definition) is 4. The average Bonchev–Trinajstić information content (AvgIpc) is 2.42. The fraction of sp³-hybridized carbons (Fsp3) is 0.471. The second kappa shape index (κ2) is 6.57. The summed E-state index contributed by atoms with van der Waals surface area (Å²) in [6.07, 6.45) is 2.95. The number of rotatable bonds is 5. The van der Waals surface area contributed by atoms with E-state index in [0.29, 0.717) is 4.99 Å². The largest absolute Gasteiger partial charge is 0.469 e. The Morgan fingerprint density at radius 1 is 1.23 bits per heavy atom. The Balaban J connectivity index is 2.28. The molecule has 22 heavy (non-hydrogen) atoms. The van der Waals surface area contributed by atoms with Crippen LogP contribution in [0.2, 0.25) is 0 Å². The van der Waals surface area contributed by atoms with Crippen LogP contribution in [-0.4, -0.2) is 29.4 Å². The second-order valence-electron chi connectivity index (χ2n) is 5.72. The van der Waals surface area contributed by atoms with Crippen molar-refractivity contribution in [2.24, 2.45) is 0 Å². The number of benzene rings is 1. The smallest absolute Gasteiger partial charge is 0.309 e. The molecular formula is C17H21NO3S. The van der Waals surface area contributed by atoms with Crippen molar-refractivity contribution in [1.29, 1.82) is 0 Å². The predicted molar refractivity (Wildman–Crippen MR) is 90.2 cm³/mol. The summed E-state index contributed by atoms with van der Waals surface area (Å²) in [6, 6.07) is 7.59. The number of ketones is 1. The molecule has 1 aromatic carbocycles. The molecule has 4 nitrogen and oxygen atoms in total. The number of anilines is 1. The monoisotopic (exact) mass is 319 g/mol. The van der Waals surface area contributed by atoms with Crippen molar-refractivity contribution in [3.05, 3.63) is 29.8 Å². The number of Topliss-reactive ketones (excluding diaryl/α,β-unsaturated/α-hetero) is 1. The molecule has 2 rings (SSSR count). The molecule has 0 aromatic heterocycles. The van der Waals surface area contributed by atoms with E-state index in [9.17, 15) is 9.59 Å². The standard InChI is InChI=1S/C17H21NO3S/c1-12(19)17(9-4-10-17)18(13(2)22)15-7-5-14(6-8-15)11-16(20)21-3/h5-8H,4,9-11H2,1-3H3. The molecule has 0 bridgehead atoms. The van der Waals surface area contributed by atoms with Gasteiger partial charge >= 0.3 is 5.97 Å². The first kappa shape index (κ1) is 16.6. The van der Waals surface area contributed by atoms with Crippen LogP contribution in [0.25, 0.3) is 0 Å². The summed E-state index contributed by atoms with van der Waals surface area (Å²) >= 11 is 5.39. The summed E-state index contributed by atoms with van der Waals surface area (Å²) in [5.41, 5.74) is 1.29. The van der Waals surface area contributed by atoms with Crippen LogP contribution in [0.5, 0.6) is 0 Å². The van der Waals surface area contributed by atoms with Gasteiger partial charge in [-0.1, -0.05) is 24.4 Å². The summed E-state index contributed by atoms with van der Waals surface area (Å²) < 4.78 is 4.67. The third kappa shape index (κ3) is 3.04. The molecule has 1 aliphatic rings. The van der Waals surface area contributed by atoms with Crippen LogP contribution in [-0.2, 0) is 20.7 Å². The molecule has 1 fully saturated rings. The van der Waals surface area contributed by atoms with Crippen molar-refractivity contribution in [2.75, 3.05) is 12.0 Å². The molecule has 0 radical (unpaired) electrons. The van der Waals surface area contributed by atoms with E-state index in [2.05, 4.69) is 4.74 Å². The van der Waals surface area contributed by atoms with Crippen molar-refractivity contribution in [1.82, 2.24) is 0 Å². The number of methoxy groups -OCH3 is 1. The van der Waals surface area contributed by atoms with Crippen LogP contribution in [0.3, 0.4) is 0 Å². The van der Waals surface area contributed by atoms with E-state index < -0.39 is 5.54 Å². The molecule has 0 atom stereocenters. The zero-order valence-corrected chi connectivity index (χ0v) is 14.0. The van der Waals surface area contributed by atoms with Crippen LogP contribution >= 0.6 is 12.2 Å². The Hall–Kier alpha value is -1.75. The van der Waals surface area contributed by atoms with Crippen molar-refractivity contribution in [3.8, 4) is 0 Å². The van der Waals surface area contributed by atoms with Gasteiger partial charge in [0.1, 0.15) is 5.54 Å². The molecule has 0 heterocycles. The first-order chi connectivity index (χ1) is 10.4. The van der Waals surface area contributed by atoms with Gasteiger partial charge in [0.2, 0.25) is 0 Å². The predicted octanol–water partition coefficient (Wildman–Crippen LogP) is 3.07. The van der Waals surface area contributed by atoms with E-state index in [1.165, 1.54) is 7.11 Å². The maximum Gasteiger partial charge on any atom is 0.309 e. The van der Waals surface area contributed by atoms with Gasteiger partial charge in [-0.05, 0) is 50.8 Å². The molecule has 1 saturated carbocycles. The van der Waals surface area contributed by atoms with Gasteiger partial charge < -0.3 is 9.64 Å². The lowest BCUT2D eigenvalue weighted by Crippen LogP contribution is -2.60. The molecule has 0 spiro atoms. The van der Waals surface area contributed by atoms with Gasteiger partial charge in [-0.15, -0.1) is 0 Å². The van der Waals surface area contributed by atoms with Crippen molar-refractivity contribution < 1.29 is 14.3 Å². The quantitative estimate of drug-likeness (QED) is 0.616. The maximum atomic E-state index is 12.2. The molecule has 118 valence electrons. The van der Waals surface area contributed by atoms with Crippen LogP contribution in [0.4, 0.5) is 5.69 Å². The number of thiocarbonyl (C=S) groups is 1. The van der Waals surface area contributed by atoms with Gasteiger partial charge in [-0.2, -0.15) is 0 Å². The summed E-state index contributed by atoms with van der Waals surface area (Å²) in [7, 11) is 1.38. The Bertz CT molecular complexity index is 590. The zero-order valence-electron chi connectivity index (χ0n) is 13.2. The van der Waals surface area contributed by atoms with Gasteiger partial charge in [-0.3, -0.25) is 9.59 Å². The molecule has 0 N–H and O–H groups in total. The first-order valence-electron chi connectivity index (χ1n) is 7.38.